The van der Waals surface area contributed by atoms with E-state index in [9.17, 15) is 13.6 Å². The van der Waals surface area contributed by atoms with Crippen LogP contribution < -0.4 is 5.32 Å². The molecule has 6 nitrogen and oxygen atoms in total. The van der Waals surface area contributed by atoms with Crippen molar-refractivity contribution in [3.8, 4) is 0 Å². The highest BCUT2D eigenvalue weighted by molar-refractivity contribution is 5.92. The number of carbonyl (C=O) groups excluding carboxylic acids is 1. The lowest BCUT2D eigenvalue weighted by molar-refractivity contribution is -0.0765. The summed E-state index contributed by atoms with van der Waals surface area (Å²) in [6, 6.07) is 5.44. The van der Waals surface area contributed by atoms with E-state index in [0.717, 1.165) is 44.8 Å². The summed E-state index contributed by atoms with van der Waals surface area (Å²) in [4.78, 5) is 14.3. The van der Waals surface area contributed by atoms with E-state index in [1.807, 2.05) is 0 Å². The van der Waals surface area contributed by atoms with Crippen LogP contribution in [0, 0.1) is 11.6 Å². The molecule has 1 atom stereocenters. The molecule has 29 heavy (non-hydrogen) atoms. The Hall–Kier alpha value is -2.32. The molecule has 0 saturated carbocycles. The summed E-state index contributed by atoms with van der Waals surface area (Å²) >= 11 is 0. The number of aryl methyl sites for hydroxylation is 1. The standard InChI is InChI=1S/C21H26F2N4O2/c1-26-9-5-19(25-26)20(28)24-13-17-4-6-21(29-17)7-10-27(11-8-21)14-15-2-3-16(22)12-18(15)23/h2-3,5,9,12,17H,4,6-8,10-11,13-14H2,1H3,(H,24,28)/t17-/m0/s1. The molecule has 0 unspecified atom stereocenters. The van der Waals surface area contributed by atoms with Crippen molar-refractivity contribution in [1.82, 2.24) is 20.0 Å². The summed E-state index contributed by atoms with van der Waals surface area (Å²) in [6.45, 7) is 2.57. The average Bonchev–Trinajstić information content (AvgIpc) is 3.31. The quantitative estimate of drug-likeness (QED) is 0.833. The fraction of sp³-hybridized carbons (Fsp3) is 0.524. The van der Waals surface area contributed by atoms with E-state index in [4.69, 9.17) is 4.74 Å². The number of nitrogens with one attached hydrogen (secondary N) is 1. The molecule has 3 heterocycles. The van der Waals surface area contributed by atoms with Crippen LogP contribution in [0.5, 0.6) is 0 Å². The van der Waals surface area contributed by atoms with Crippen molar-refractivity contribution in [1.29, 1.82) is 0 Å². The van der Waals surface area contributed by atoms with Crippen LogP contribution >= 0.6 is 0 Å². The molecular weight excluding hydrogens is 378 g/mol. The number of ether oxygens (including phenoxy) is 1. The van der Waals surface area contributed by atoms with Gasteiger partial charge in [-0.15, -0.1) is 0 Å². The second-order valence-electron chi connectivity index (χ2n) is 8.06. The normalized spacial score (nSPS) is 21.6. The Morgan fingerprint density at radius 1 is 1.28 bits per heavy atom. The van der Waals surface area contributed by atoms with Gasteiger partial charge in [-0.25, -0.2) is 8.78 Å². The van der Waals surface area contributed by atoms with Gasteiger partial charge in [0.2, 0.25) is 0 Å². The van der Waals surface area contributed by atoms with Gasteiger partial charge in [0.15, 0.2) is 0 Å². The van der Waals surface area contributed by atoms with Crippen molar-refractivity contribution < 1.29 is 18.3 Å². The van der Waals surface area contributed by atoms with Crippen LogP contribution in [0.3, 0.4) is 0 Å². The molecule has 1 amide bonds. The summed E-state index contributed by atoms with van der Waals surface area (Å²) in [7, 11) is 1.78. The predicted octanol–water partition coefficient (Wildman–Crippen LogP) is 2.64. The van der Waals surface area contributed by atoms with Gasteiger partial charge in [-0.2, -0.15) is 5.10 Å². The van der Waals surface area contributed by atoms with Crippen LogP contribution in [0.15, 0.2) is 30.5 Å². The van der Waals surface area contributed by atoms with Crippen molar-refractivity contribution in [3.05, 3.63) is 53.4 Å². The summed E-state index contributed by atoms with van der Waals surface area (Å²) in [5, 5.41) is 7.01. The lowest BCUT2D eigenvalue weighted by Gasteiger charge is -2.39. The number of carbonyl (C=O) groups is 1. The third-order valence-electron chi connectivity index (χ3n) is 5.95. The molecule has 2 aliphatic heterocycles. The second-order valence-corrected chi connectivity index (χ2v) is 8.06. The maximum Gasteiger partial charge on any atom is 0.271 e. The number of likely N-dealkylation sites (tertiary alicyclic amines) is 1. The maximum atomic E-state index is 13.9. The number of hydrogen-bond donors (Lipinski definition) is 1. The average molecular weight is 404 g/mol. The molecule has 0 aliphatic carbocycles. The van der Waals surface area contributed by atoms with Crippen LogP contribution in [-0.2, 0) is 18.3 Å². The van der Waals surface area contributed by atoms with Gasteiger partial charge in [0.25, 0.3) is 5.91 Å². The van der Waals surface area contributed by atoms with Gasteiger partial charge in [0.05, 0.1) is 11.7 Å². The summed E-state index contributed by atoms with van der Waals surface area (Å²) in [5.41, 5.74) is 0.768. The van der Waals surface area contributed by atoms with E-state index in [1.54, 1.807) is 24.0 Å². The SMILES string of the molecule is Cn1ccc(C(=O)NC[C@@H]2CCC3(CCN(Cc4ccc(F)cc4F)CC3)O2)n1. The summed E-state index contributed by atoms with van der Waals surface area (Å²) < 4.78 is 34.9. The van der Waals surface area contributed by atoms with Crippen LogP contribution in [0.2, 0.25) is 0 Å². The molecule has 2 saturated heterocycles. The zero-order chi connectivity index (χ0) is 20.4. The fourth-order valence-electron chi connectivity index (χ4n) is 4.25. The molecule has 0 bridgehead atoms. The van der Waals surface area contributed by atoms with E-state index in [-0.39, 0.29) is 17.6 Å². The minimum absolute atomic E-state index is 0.00348. The molecule has 0 radical (unpaired) electrons. The van der Waals surface area contributed by atoms with Gasteiger partial charge < -0.3 is 10.1 Å². The lowest BCUT2D eigenvalue weighted by atomic mass is 9.88. The Labute approximate surface area is 168 Å². The number of halogens is 2. The number of amides is 1. The monoisotopic (exact) mass is 404 g/mol. The number of benzene rings is 1. The van der Waals surface area contributed by atoms with E-state index < -0.39 is 11.6 Å². The Morgan fingerprint density at radius 2 is 2.07 bits per heavy atom. The molecule has 156 valence electrons. The van der Waals surface area contributed by atoms with Gasteiger partial charge in [0.1, 0.15) is 17.3 Å². The van der Waals surface area contributed by atoms with Gasteiger partial charge in [-0.3, -0.25) is 14.4 Å². The highest BCUT2D eigenvalue weighted by atomic mass is 19.1. The number of rotatable bonds is 5. The van der Waals surface area contributed by atoms with E-state index in [0.29, 0.717) is 24.3 Å². The zero-order valence-electron chi connectivity index (χ0n) is 16.5. The first-order valence-electron chi connectivity index (χ1n) is 10.0. The van der Waals surface area contributed by atoms with Crippen molar-refractivity contribution in [2.45, 2.75) is 43.9 Å². The van der Waals surface area contributed by atoms with E-state index >= 15 is 0 Å². The zero-order valence-corrected chi connectivity index (χ0v) is 16.5. The van der Waals surface area contributed by atoms with Crippen LogP contribution in [0.1, 0.15) is 41.7 Å². The van der Waals surface area contributed by atoms with Crippen molar-refractivity contribution >= 4 is 5.91 Å². The van der Waals surface area contributed by atoms with Crippen LogP contribution in [-0.4, -0.2) is 51.9 Å². The molecule has 4 rings (SSSR count). The molecule has 2 fully saturated rings. The highest BCUT2D eigenvalue weighted by Gasteiger charge is 2.42. The summed E-state index contributed by atoms with van der Waals surface area (Å²) in [5.74, 6) is -1.23. The van der Waals surface area contributed by atoms with Gasteiger partial charge in [-0.1, -0.05) is 6.07 Å². The topological polar surface area (TPSA) is 59.4 Å². The Bertz CT molecular complexity index is 877. The second kappa shape index (κ2) is 8.20. The molecule has 1 aromatic heterocycles. The molecule has 2 aliphatic rings. The van der Waals surface area contributed by atoms with Crippen molar-refractivity contribution in [3.63, 3.8) is 0 Å². The van der Waals surface area contributed by atoms with Crippen molar-refractivity contribution in [2.75, 3.05) is 19.6 Å². The van der Waals surface area contributed by atoms with Crippen LogP contribution in [0.25, 0.3) is 0 Å². The van der Waals surface area contributed by atoms with Gasteiger partial charge in [-0.05, 0) is 37.8 Å². The Balaban J connectivity index is 1.24. The molecule has 1 N–H and O–H groups in total. The van der Waals surface area contributed by atoms with Crippen molar-refractivity contribution in [2.24, 2.45) is 7.05 Å². The minimum Gasteiger partial charge on any atom is -0.370 e. The van der Waals surface area contributed by atoms with E-state index in [1.165, 1.54) is 12.1 Å². The first-order valence-corrected chi connectivity index (χ1v) is 10.0. The summed E-state index contributed by atoms with van der Waals surface area (Å²) in [6.07, 6.45) is 5.37. The first-order chi connectivity index (χ1) is 13.9. The van der Waals surface area contributed by atoms with E-state index in [2.05, 4.69) is 15.3 Å². The molecule has 2 aromatic rings. The van der Waals surface area contributed by atoms with Gasteiger partial charge >= 0.3 is 0 Å². The van der Waals surface area contributed by atoms with Gasteiger partial charge in [0, 0.05) is 51.1 Å². The Kier molecular flexibility index (Phi) is 5.65. The third kappa shape index (κ3) is 4.64. The molecule has 1 spiro atoms. The molecular formula is C21H26F2N4O2. The fourth-order valence-corrected chi connectivity index (χ4v) is 4.25. The Morgan fingerprint density at radius 3 is 2.76 bits per heavy atom. The third-order valence-corrected chi connectivity index (χ3v) is 5.95. The molecule has 8 heteroatoms. The largest absolute Gasteiger partial charge is 0.370 e. The smallest absolute Gasteiger partial charge is 0.271 e. The highest BCUT2D eigenvalue weighted by Crippen LogP contribution is 2.39. The predicted molar refractivity (Wildman–Crippen MR) is 103 cm³/mol. The minimum atomic E-state index is -0.551. The first kappa shape index (κ1) is 20.0. The number of aromatic nitrogens is 2. The number of piperidine rings is 1. The number of nitrogens with zero attached hydrogens (tertiary/aromatic N) is 3. The number of hydrogen-bond acceptors (Lipinski definition) is 4. The molecule has 1 aromatic carbocycles. The van der Waals surface area contributed by atoms with Crippen LogP contribution in [0.4, 0.5) is 8.78 Å². The maximum absolute atomic E-state index is 13.9. The lowest BCUT2D eigenvalue weighted by Crippen LogP contribution is -2.45.